The zero-order valence-corrected chi connectivity index (χ0v) is 61.3. The van der Waals surface area contributed by atoms with Crippen molar-refractivity contribution in [2.75, 3.05) is 13.2 Å². The third-order valence-electron chi connectivity index (χ3n) is 11.4. The van der Waals surface area contributed by atoms with Gasteiger partial charge in [-0.15, -0.1) is 0 Å². The Hall–Kier alpha value is -7.21. The topological polar surface area (TPSA) is 312 Å². The van der Waals surface area contributed by atoms with Crippen molar-refractivity contribution in [1.82, 2.24) is 50.7 Å². The highest BCUT2D eigenvalue weighted by atomic mass is 35.6. The first-order chi connectivity index (χ1) is 46.5. The zero-order chi connectivity index (χ0) is 71.5. The Morgan fingerprint density at radius 2 is 0.847 bits per heavy atom. The molecule has 26 nitrogen and oxygen atoms in total. The first-order valence-electron chi connectivity index (χ1n) is 28.8. The van der Waals surface area contributed by atoms with E-state index in [9.17, 15) is 10.1 Å². The molecule has 0 saturated carbocycles. The standard InChI is InChI=1S/2C13H14Cl2N2O3.C13H15N3O4.C12H12Cl2N2O3.C10H5Cl5N2O2/c1-8(2)6-19-13-16-12(17-20-13)7-18-11-4-3-9(14)5-10(11)15;1-3-8(2)19-13-16-12(17-20-13)7-18-11-5-4-9(14)6-10(11)15;1-13(2,3)12-14-11(15-20-12)8-19-10-6-4-5-9(7-10)16(17)18;1-2-5-17-12-15-11(16-19-12)7-18-10-4-3-8(13)6-9(10)14;11-5-1-2-7(6(12)3-5)18-4-8-16-9(19-17-8)10(13,14)15/h3-5,8H,6-7H2,1-2H3;4-6,8H,3,7H2,1-2H3;4-7H,8H2,1-3H3;3-4,6H,2,5,7H2,1H3;1-3H,4H2. The summed E-state index contributed by atoms with van der Waals surface area (Å²) in [4.78, 5) is 30.4. The second-order valence-electron chi connectivity index (χ2n) is 21.1. The number of hydrogen-bond acceptors (Lipinski definition) is 25. The molecule has 0 amide bonds. The van der Waals surface area contributed by atoms with Crippen molar-refractivity contribution >= 4 is 133 Å². The summed E-state index contributed by atoms with van der Waals surface area (Å²) in [7, 11) is 0. The van der Waals surface area contributed by atoms with Crippen LogP contribution >= 0.6 is 128 Å². The smallest absolute Gasteiger partial charge is 0.417 e. The van der Waals surface area contributed by atoms with Crippen molar-refractivity contribution in [2.24, 2.45) is 5.92 Å². The molecule has 0 aliphatic carbocycles. The van der Waals surface area contributed by atoms with Crippen molar-refractivity contribution in [3.05, 3.63) is 188 Å². The number of rotatable bonds is 25. The number of nitrogens with zero attached hydrogens (tertiary/aromatic N) is 11. The van der Waals surface area contributed by atoms with Crippen LogP contribution in [0.5, 0.6) is 47.0 Å². The van der Waals surface area contributed by atoms with Crippen LogP contribution in [0, 0.1) is 16.0 Å². The Labute approximate surface area is 615 Å². The van der Waals surface area contributed by atoms with Gasteiger partial charge in [-0.25, -0.2) is 0 Å². The quantitative estimate of drug-likeness (QED) is 0.0291. The highest BCUT2D eigenvalue weighted by Crippen LogP contribution is 2.37. The lowest BCUT2D eigenvalue weighted by atomic mass is 9.97. The van der Waals surface area contributed by atoms with Crippen LogP contribution in [0.4, 0.5) is 5.69 Å². The molecule has 1 atom stereocenters. The first-order valence-corrected chi connectivity index (χ1v) is 33.0. The van der Waals surface area contributed by atoms with Gasteiger partial charge in [0.2, 0.25) is 35.0 Å². The molecule has 0 saturated heterocycles. The first kappa shape index (κ1) is 79.8. The van der Waals surface area contributed by atoms with Gasteiger partial charge in [-0.05, 0) is 105 Å². The van der Waals surface area contributed by atoms with E-state index >= 15 is 0 Å². The molecular weight excluding hydrogens is 1520 g/mol. The molecule has 5 heterocycles. The van der Waals surface area contributed by atoms with E-state index in [4.69, 9.17) is 188 Å². The molecule has 0 spiro atoms. The predicted octanol–water partition coefficient (Wildman–Crippen LogP) is 19.5. The molecule has 5 aromatic carbocycles. The third-order valence-corrected chi connectivity index (χ3v) is 14.0. The van der Waals surface area contributed by atoms with Gasteiger partial charge < -0.3 is 46.9 Å². The summed E-state index contributed by atoms with van der Waals surface area (Å²) in [6, 6.07) is 25.7. The number of benzene rings is 5. The van der Waals surface area contributed by atoms with Gasteiger partial charge >= 0.3 is 18.2 Å². The monoisotopic (exact) mass is 1570 g/mol. The number of halogens is 11. The maximum absolute atomic E-state index is 10.7. The van der Waals surface area contributed by atoms with Crippen LogP contribution in [0.15, 0.2) is 120 Å². The number of aromatic nitrogens is 10. The Bertz CT molecular complexity index is 4090. The van der Waals surface area contributed by atoms with Crippen LogP contribution < -0.4 is 37.9 Å². The normalized spacial score (nSPS) is 11.3. The minimum Gasteiger partial charge on any atom is -0.485 e. The number of nitro groups is 1. The Morgan fingerprint density at radius 1 is 0.469 bits per heavy atom. The van der Waals surface area contributed by atoms with Crippen molar-refractivity contribution in [2.45, 2.75) is 117 Å². The third kappa shape index (κ3) is 28.2. The molecule has 10 aromatic rings. The summed E-state index contributed by atoms with van der Waals surface area (Å²) in [5.74, 6) is 4.91. The van der Waals surface area contributed by atoms with Gasteiger partial charge in [-0.2, -0.15) is 24.9 Å². The van der Waals surface area contributed by atoms with E-state index in [2.05, 4.69) is 50.7 Å². The minimum atomic E-state index is -1.76. The lowest BCUT2D eigenvalue weighted by Crippen LogP contribution is -2.11. The van der Waals surface area contributed by atoms with Crippen LogP contribution in [-0.4, -0.2) is 74.9 Å². The molecule has 0 radical (unpaired) electrons. The minimum absolute atomic E-state index is 0.0194. The Kier molecular flexibility index (Phi) is 32.2. The summed E-state index contributed by atoms with van der Waals surface area (Å²) >= 11 is 63.8. The lowest BCUT2D eigenvalue weighted by molar-refractivity contribution is -0.384. The Morgan fingerprint density at radius 3 is 1.21 bits per heavy atom. The van der Waals surface area contributed by atoms with Crippen molar-refractivity contribution < 1.29 is 65.4 Å². The fourth-order valence-corrected chi connectivity index (χ4v) is 8.64. The molecule has 5 aromatic heterocycles. The number of ether oxygens (including phenoxy) is 8. The van der Waals surface area contributed by atoms with Gasteiger partial charge in [0.15, 0.2) is 33.0 Å². The molecule has 37 heteroatoms. The largest absolute Gasteiger partial charge is 0.485 e. The molecule has 0 N–H and O–H groups in total. The fourth-order valence-electron chi connectivity index (χ4n) is 6.56. The summed E-state index contributed by atoms with van der Waals surface area (Å²) < 4.78 is 66.1. The van der Waals surface area contributed by atoms with E-state index in [1.165, 1.54) is 12.1 Å². The zero-order valence-electron chi connectivity index (χ0n) is 53.0. The average Bonchev–Trinajstić information content (AvgIpc) is 1.78. The number of hydrogen-bond donors (Lipinski definition) is 0. The van der Waals surface area contributed by atoms with Crippen LogP contribution in [0.25, 0.3) is 0 Å². The fraction of sp³-hybridized carbons (Fsp3) is 0.344. The molecule has 0 fully saturated rings. The SMILES string of the molecule is CC(C)(C)c1nc(COc2cccc([N+](=O)[O-])c2)no1.CC(C)COc1nc(COc2ccc(Cl)cc2Cl)no1.CCC(C)Oc1nc(COc2ccc(Cl)cc2Cl)no1.CCCOc1nc(COc2ccc(Cl)cc2Cl)no1.Clc1ccc(OCc2noc(C(Cl)(Cl)Cl)n2)c(Cl)c1. The van der Waals surface area contributed by atoms with E-state index in [0.717, 1.165) is 12.8 Å². The Balaban J connectivity index is 0.000000193. The predicted molar refractivity (Wildman–Crippen MR) is 367 cm³/mol. The van der Waals surface area contributed by atoms with Crippen LogP contribution in [0.1, 0.15) is 109 Å². The second-order valence-corrected chi connectivity index (χ2v) is 26.8. The lowest BCUT2D eigenvalue weighted by Gasteiger charge is -2.10. The van der Waals surface area contributed by atoms with Crippen LogP contribution in [0.3, 0.4) is 0 Å². The van der Waals surface area contributed by atoms with Gasteiger partial charge in [0.25, 0.3) is 15.4 Å². The molecule has 0 bridgehead atoms. The van der Waals surface area contributed by atoms with Crippen molar-refractivity contribution in [3.8, 4) is 47.0 Å². The number of non-ortho nitro benzene ring substituents is 1. The van der Waals surface area contributed by atoms with E-state index in [-0.39, 0.29) is 80.2 Å². The van der Waals surface area contributed by atoms with Crippen LogP contribution in [-0.2, 0) is 42.2 Å². The second kappa shape index (κ2) is 39.5. The van der Waals surface area contributed by atoms with Gasteiger partial charge in [-0.1, -0.05) is 208 Å². The van der Waals surface area contributed by atoms with Gasteiger partial charge in [-0.3, -0.25) is 23.7 Å². The highest BCUT2D eigenvalue weighted by Gasteiger charge is 2.31. The van der Waals surface area contributed by atoms with Crippen molar-refractivity contribution in [1.29, 1.82) is 0 Å². The van der Waals surface area contributed by atoms with E-state index in [1.54, 1.807) is 84.9 Å². The molecule has 98 heavy (non-hydrogen) atoms. The van der Waals surface area contributed by atoms with E-state index in [0.29, 0.717) is 117 Å². The molecule has 10 rings (SSSR count). The average molecular weight is 1580 g/mol. The molecule has 0 aliphatic heterocycles. The summed E-state index contributed by atoms with van der Waals surface area (Å²) in [6.07, 6.45) is 2.17. The van der Waals surface area contributed by atoms with Gasteiger partial charge in [0.05, 0.1) is 44.3 Å². The van der Waals surface area contributed by atoms with Gasteiger partial charge in [0.1, 0.15) is 34.9 Å². The summed E-state index contributed by atoms with van der Waals surface area (Å²) in [6.45, 7) is 17.5. The summed E-state index contributed by atoms with van der Waals surface area (Å²) in [5.41, 5.74) is -0.248. The summed E-state index contributed by atoms with van der Waals surface area (Å²) in [5, 5.41) is 33.1. The maximum atomic E-state index is 10.7. The van der Waals surface area contributed by atoms with Gasteiger partial charge in [0, 0.05) is 31.6 Å². The highest BCUT2D eigenvalue weighted by molar-refractivity contribution is 6.66. The molecule has 0 aliphatic rings. The maximum Gasteiger partial charge on any atom is 0.417 e. The number of alkyl halides is 3. The number of nitro benzene ring substituents is 1. The molecular formula is C61H60Cl11N11O15. The van der Waals surface area contributed by atoms with Crippen LogP contribution in [0.2, 0.25) is 40.2 Å². The molecule has 526 valence electrons. The van der Waals surface area contributed by atoms with E-state index in [1.807, 2.05) is 55.4 Å². The molecule has 1 unspecified atom stereocenters. The van der Waals surface area contributed by atoms with E-state index < -0.39 is 8.72 Å². The van der Waals surface area contributed by atoms with Crippen molar-refractivity contribution in [3.63, 3.8) is 0 Å².